The summed E-state index contributed by atoms with van der Waals surface area (Å²) in [6, 6.07) is 19.1. The Hall–Kier alpha value is -4.88. The number of carbonyl (C=O) groups excluding carboxylic acids is 2. The van der Waals surface area contributed by atoms with Gasteiger partial charge in [0.2, 0.25) is 17.7 Å². The molecule has 2 amide bonds. The lowest BCUT2D eigenvalue weighted by Gasteiger charge is -2.40. The van der Waals surface area contributed by atoms with E-state index in [2.05, 4.69) is 82.3 Å². The van der Waals surface area contributed by atoms with Gasteiger partial charge in [-0.3, -0.25) is 29.7 Å². The van der Waals surface area contributed by atoms with E-state index in [1.165, 1.54) is 22.2 Å². The van der Waals surface area contributed by atoms with Gasteiger partial charge in [0.15, 0.2) is 0 Å². The number of amides is 2. The molecule has 12 nitrogen and oxygen atoms in total. The monoisotopic (exact) mass is 754 g/mol. The smallest absolute Gasteiger partial charge is 0.243 e. The summed E-state index contributed by atoms with van der Waals surface area (Å²) < 4.78 is 12.7. The molecule has 2 aromatic carbocycles. The Morgan fingerprint density at radius 3 is 2.32 bits per heavy atom. The maximum absolute atomic E-state index is 12.4. The highest BCUT2D eigenvalue weighted by Gasteiger charge is 2.36. The first kappa shape index (κ1) is 35.5. The van der Waals surface area contributed by atoms with Gasteiger partial charge in [0.05, 0.1) is 18.2 Å². The second-order valence-electron chi connectivity index (χ2n) is 16.4. The van der Waals surface area contributed by atoms with Gasteiger partial charge in [-0.15, -0.1) is 0 Å². The number of piperidine rings is 2. The number of imide groups is 1. The summed E-state index contributed by atoms with van der Waals surface area (Å²) in [7, 11) is 0. The number of likely N-dealkylation sites (tertiary alicyclic amines) is 1. The van der Waals surface area contributed by atoms with Crippen LogP contribution in [0.3, 0.4) is 0 Å². The van der Waals surface area contributed by atoms with E-state index in [1.54, 1.807) is 0 Å². The molecule has 1 atom stereocenters. The van der Waals surface area contributed by atoms with Crippen LogP contribution in [0.15, 0.2) is 73.2 Å². The van der Waals surface area contributed by atoms with Gasteiger partial charge in [-0.25, -0.2) is 4.98 Å². The van der Waals surface area contributed by atoms with Crippen molar-refractivity contribution in [1.29, 1.82) is 0 Å². The van der Waals surface area contributed by atoms with Crippen LogP contribution in [0, 0.1) is 0 Å². The summed E-state index contributed by atoms with van der Waals surface area (Å²) in [5.41, 5.74) is 8.25. The fraction of sp³-hybridized carbons (Fsp3) is 0.455. The SMILES string of the molecule is O=C1CCC(N2Cc3ccc(N4CCN(CCN5CCC(OC6CC(Oc7ccc(-c8ccc9c(c8)[nH]c8ccncc89)cn7)C6)CC5)CC4)cc3C2)C(=O)N1. The van der Waals surface area contributed by atoms with Crippen LogP contribution in [0.5, 0.6) is 5.88 Å². The molecule has 4 fully saturated rings. The fourth-order valence-electron chi connectivity index (χ4n) is 9.35. The molecule has 3 aromatic heterocycles. The van der Waals surface area contributed by atoms with Crippen molar-refractivity contribution in [3.63, 3.8) is 0 Å². The third kappa shape index (κ3) is 7.38. The molecule has 290 valence electrons. The Bertz CT molecular complexity index is 2220. The van der Waals surface area contributed by atoms with Crippen molar-refractivity contribution in [3.8, 4) is 17.0 Å². The van der Waals surface area contributed by atoms with Gasteiger partial charge in [0.1, 0.15) is 6.10 Å². The number of rotatable bonds is 10. The van der Waals surface area contributed by atoms with Gasteiger partial charge < -0.3 is 24.3 Å². The summed E-state index contributed by atoms with van der Waals surface area (Å²) in [5.74, 6) is 0.369. The average molecular weight is 755 g/mol. The van der Waals surface area contributed by atoms with Crippen molar-refractivity contribution < 1.29 is 19.1 Å². The predicted molar refractivity (Wildman–Crippen MR) is 215 cm³/mol. The zero-order valence-corrected chi connectivity index (χ0v) is 31.9. The van der Waals surface area contributed by atoms with E-state index in [4.69, 9.17) is 9.47 Å². The van der Waals surface area contributed by atoms with Crippen LogP contribution >= 0.6 is 0 Å². The number of aromatic nitrogens is 3. The molecule has 0 spiro atoms. The number of ether oxygens (including phenoxy) is 2. The number of fused-ring (bicyclic) bond motifs is 4. The Kier molecular flexibility index (Phi) is 9.66. The van der Waals surface area contributed by atoms with E-state index in [-0.39, 0.29) is 30.1 Å². The zero-order chi connectivity index (χ0) is 37.6. The van der Waals surface area contributed by atoms with Crippen molar-refractivity contribution in [2.24, 2.45) is 0 Å². The Morgan fingerprint density at radius 2 is 1.52 bits per heavy atom. The van der Waals surface area contributed by atoms with Crippen molar-refractivity contribution >= 4 is 39.3 Å². The van der Waals surface area contributed by atoms with Gasteiger partial charge in [-0.1, -0.05) is 18.2 Å². The van der Waals surface area contributed by atoms with Crippen LogP contribution in [0.1, 0.15) is 49.7 Å². The quantitative estimate of drug-likeness (QED) is 0.186. The number of anilines is 1. The summed E-state index contributed by atoms with van der Waals surface area (Å²) in [6.45, 7) is 10.2. The number of aromatic amines is 1. The van der Waals surface area contributed by atoms with E-state index < -0.39 is 0 Å². The maximum Gasteiger partial charge on any atom is 0.243 e. The molecule has 4 aliphatic heterocycles. The molecule has 5 aliphatic rings. The Morgan fingerprint density at radius 1 is 0.714 bits per heavy atom. The Labute approximate surface area is 327 Å². The van der Waals surface area contributed by atoms with E-state index in [9.17, 15) is 9.59 Å². The van der Waals surface area contributed by atoms with Crippen molar-refractivity contribution in [1.82, 2.24) is 35.0 Å². The number of nitrogens with zero attached hydrogens (tertiary/aromatic N) is 6. The molecule has 5 aromatic rings. The first-order valence-electron chi connectivity index (χ1n) is 20.5. The largest absolute Gasteiger partial charge is 0.474 e. The molecule has 2 N–H and O–H groups in total. The minimum absolute atomic E-state index is 0.149. The second-order valence-corrected chi connectivity index (χ2v) is 16.4. The van der Waals surface area contributed by atoms with Crippen molar-refractivity contribution in [2.45, 2.75) is 76.0 Å². The third-order valence-electron chi connectivity index (χ3n) is 12.8. The van der Waals surface area contributed by atoms with Gasteiger partial charge >= 0.3 is 0 Å². The number of nitrogens with one attached hydrogen (secondary N) is 2. The normalized spacial score (nSPS) is 24.1. The molecule has 56 heavy (non-hydrogen) atoms. The van der Waals surface area contributed by atoms with Gasteiger partial charge in [0.25, 0.3) is 0 Å². The highest BCUT2D eigenvalue weighted by atomic mass is 16.5. The van der Waals surface area contributed by atoms with Crippen molar-refractivity contribution in [3.05, 3.63) is 84.3 Å². The van der Waals surface area contributed by atoms with Crippen LogP contribution in [-0.4, -0.2) is 118 Å². The van der Waals surface area contributed by atoms with Crippen molar-refractivity contribution in [2.75, 3.05) is 57.3 Å². The molecular formula is C44H50N8O4. The molecule has 0 radical (unpaired) electrons. The molecule has 12 heteroatoms. The van der Waals surface area contributed by atoms with E-state index in [0.717, 1.165) is 119 Å². The molecule has 3 saturated heterocycles. The van der Waals surface area contributed by atoms with Crippen LogP contribution in [0.4, 0.5) is 5.69 Å². The molecule has 0 bridgehead atoms. The number of hydrogen-bond donors (Lipinski definition) is 2. The fourth-order valence-corrected chi connectivity index (χ4v) is 9.35. The van der Waals surface area contributed by atoms with Crippen LogP contribution in [0.25, 0.3) is 32.9 Å². The first-order chi connectivity index (χ1) is 27.5. The number of carbonyl (C=O) groups is 2. The van der Waals surface area contributed by atoms with Crippen LogP contribution in [0.2, 0.25) is 0 Å². The molecular weight excluding hydrogens is 705 g/mol. The number of hydrogen-bond acceptors (Lipinski definition) is 10. The molecule has 1 saturated carbocycles. The zero-order valence-electron chi connectivity index (χ0n) is 31.9. The number of H-pyrrole nitrogens is 1. The van der Waals surface area contributed by atoms with E-state index >= 15 is 0 Å². The molecule has 10 rings (SSSR count). The predicted octanol–water partition coefficient (Wildman–Crippen LogP) is 5.11. The highest BCUT2D eigenvalue weighted by Crippen LogP contribution is 2.34. The van der Waals surface area contributed by atoms with Gasteiger partial charge in [0, 0.05) is 142 Å². The van der Waals surface area contributed by atoms with Gasteiger partial charge in [-0.05, 0) is 66.3 Å². The summed E-state index contributed by atoms with van der Waals surface area (Å²) in [5, 5.41) is 4.83. The topological polar surface area (TPSA) is 119 Å². The van der Waals surface area contributed by atoms with E-state index in [1.807, 2.05) is 30.7 Å². The lowest BCUT2D eigenvalue weighted by Crippen LogP contribution is -2.50. The third-order valence-corrected chi connectivity index (χ3v) is 12.8. The minimum Gasteiger partial charge on any atom is -0.474 e. The summed E-state index contributed by atoms with van der Waals surface area (Å²) >= 11 is 0. The van der Waals surface area contributed by atoms with Crippen LogP contribution in [-0.2, 0) is 27.4 Å². The number of benzene rings is 2. The first-order valence-corrected chi connectivity index (χ1v) is 20.5. The molecule has 1 unspecified atom stereocenters. The molecule has 7 heterocycles. The Balaban J connectivity index is 0.616. The maximum atomic E-state index is 12.4. The highest BCUT2D eigenvalue weighted by molar-refractivity contribution is 6.07. The van der Waals surface area contributed by atoms with E-state index in [0.29, 0.717) is 24.8 Å². The lowest BCUT2D eigenvalue weighted by atomic mass is 9.91. The minimum atomic E-state index is -0.214. The number of pyridine rings is 2. The second kappa shape index (κ2) is 15.2. The summed E-state index contributed by atoms with van der Waals surface area (Å²) in [4.78, 5) is 46.4. The lowest BCUT2D eigenvalue weighted by molar-refractivity contribution is -0.137. The molecule has 1 aliphatic carbocycles. The number of piperazine rings is 1. The van der Waals surface area contributed by atoms with Gasteiger partial charge in [-0.2, -0.15) is 0 Å². The standard InChI is InChI=1S/C44H50N8O4/c53-42-7-6-41(44(54)48-42)52-27-31-1-4-33(21-32(31)28-52)51-19-17-50(18-20-51)16-15-49-13-10-34(11-14-49)55-35-23-36(24-35)56-43-8-3-30(25-46-43)29-2-5-37-38-26-45-12-9-39(38)47-40(37)22-29/h1-5,8-9,12,21-22,25-26,34-36,41,47H,6-7,10-11,13-20,23-24,27-28H2,(H,48,53,54). The summed E-state index contributed by atoms with van der Waals surface area (Å²) in [6.07, 6.45) is 11.5. The average Bonchev–Trinajstić information content (AvgIpc) is 3.81. The van der Waals surface area contributed by atoms with Crippen LogP contribution < -0.4 is 15.0 Å².